The molecule has 11 nitrogen and oxygen atoms in total. The lowest BCUT2D eigenvalue weighted by molar-refractivity contribution is -0.605. The van der Waals surface area contributed by atoms with Gasteiger partial charge in [0.15, 0.2) is 35.4 Å². The van der Waals surface area contributed by atoms with Gasteiger partial charge in [0, 0.05) is 18.1 Å². The second kappa shape index (κ2) is 14.5. The molecular formula is C28H28Cl2F2N2O9S. The van der Waals surface area contributed by atoms with Crippen molar-refractivity contribution in [2.45, 2.75) is 36.9 Å². The summed E-state index contributed by atoms with van der Waals surface area (Å²) in [5, 5.41) is 11.7. The number of benzene rings is 2. The molecule has 1 aliphatic rings. The molecule has 3 aromatic rings. The highest BCUT2D eigenvalue weighted by molar-refractivity contribution is 7.89. The van der Waals surface area contributed by atoms with Crippen LogP contribution in [0.3, 0.4) is 0 Å². The van der Waals surface area contributed by atoms with Gasteiger partial charge in [0.1, 0.15) is 22.7 Å². The van der Waals surface area contributed by atoms with E-state index in [2.05, 4.69) is 9.46 Å². The van der Waals surface area contributed by atoms with Gasteiger partial charge in [-0.1, -0.05) is 29.3 Å². The van der Waals surface area contributed by atoms with Gasteiger partial charge in [-0.15, -0.1) is 0 Å². The third-order valence-electron chi connectivity index (χ3n) is 6.52. The van der Waals surface area contributed by atoms with E-state index in [-0.39, 0.29) is 62.3 Å². The lowest BCUT2D eigenvalue weighted by Crippen LogP contribution is -2.32. The van der Waals surface area contributed by atoms with Gasteiger partial charge >= 0.3 is 12.6 Å². The molecule has 1 atom stereocenters. The first-order valence-corrected chi connectivity index (χ1v) is 15.3. The van der Waals surface area contributed by atoms with E-state index in [1.807, 2.05) is 0 Å². The van der Waals surface area contributed by atoms with Crippen LogP contribution in [0.15, 0.2) is 53.7 Å². The SMILES string of the molecule is COc1ccc(S(=O)(=O)NCC(=O)OC(Cc2c(Cl)c[n+]([O-])cc2Cl)c2ccc(OC(F)F)c(OCC3CC3)c2)cc1OC. The maximum atomic E-state index is 13.1. The summed E-state index contributed by atoms with van der Waals surface area (Å²) in [6, 6.07) is 7.89. The second-order valence-corrected chi connectivity index (χ2v) is 12.2. The molecule has 0 spiro atoms. The van der Waals surface area contributed by atoms with Crippen molar-refractivity contribution in [2.75, 3.05) is 27.4 Å². The second-order valence-electron chi connectivity index (χ2n) is 9.66. The van der Waals surface area contributed by atoms with Gasteiger partial charge in [-0.3, -0.25) is 4.79 Å². The summed E-state index contributed by atoms with van der Waals surface area (Å²) < 4.78 is 80.7. The highest BCUT2D eigenvalue weighted by Crippen LogP contribution is 2.38. The van der Waals surface area contributed by atoms with Crippen molar-refractivity contribution in [3.8, 4) is 23.0 Å². The van der Waals surface area contributed by atoms with Crippen LogP contribution >= 0.6 is 23.2 Å². The lowest BCUT2D eigenvalue weighted by atomic mass is 10.0. The van der Waals surface area contributed by atoms with E-state index in [0.717, 1.165) is 25.2 Å². The molecule has 0 bridgehead atoms. The molecule has 1 aliphatic carbocycles. The summed E-state index contributed by atoms with van der Waals surface area (Å²) >= 11 is 12.5. The van der Waals surface area contributed by atoms with Crippen molar-refractivity contribution in [2.24, 2.45) is 5.92 Å². The fraction of sp³-hybridized carbons (Fsp3) is 0.357. The van der Waals surface area contributed by atoms with E-state index in [9.17, 15) is 27.2 Å². The van der Waals surface area contributed by atoms with Crippen LogP contribution in [0.5, 0.6) is 23.0 Å². The standard InChI is InChI=1S/C28H28Cl2F2N2O9S/c1-39-22-8-6-18(10-25(22)40-2)44(37,38)33-12-27(35)42-24(11-19-20(29)13-34(36)14-21(19)30)17-5-7-23(43-28(31)32)26(9-17)41-15-16-3-4-16/h5-10,13-14,16,24,28,33H,3-4,11-12,15H2,1-2H3. The summed E-state index contributed by atoms with van der Waals surface area (Å²) in [6.45, 7) is -3.62. The van der Waals surface area contributed by atoms with Crippen LogP contribution < -0.4 is 28.4 Å². The van der Waals surface area contributed by atoms with Crippen LogP contribution in [0, 0.1) is 11.1 Å². The summed E-state index contributed by atoms with van der Waals surface area (Å²) in [7, 11) is -1.46. The molecule has 238 valence electrons. The molecule has 1 saturated carbocycles. The number of sulfonamides is 1. The fourth-order valence-electron chi connectivity index (χ4n) is 4.08. The van der Waals surface area contributed by atoms with Gasteiger partial charge in [0.25, 0.3) is 0 Å². The van der Waals surface area contributed by atoms with Crippen molar-refractivity contribution >= 4 is 39.2 Å². The summed E-state index contributed by atoms with van der Waals surface area (Å²) in [6.07, 6.45) is 2.66. The smallest absolute Gasteiger partial charge is 0.387 e. The number of esters is 1. The predicted molar refractivity (Wildman–Crippen MR) is 154 cm³/mol. The third kappa shape index (κ3) is 8.74. The van der Waals surface area contributed by atoms with Crippen LogP contribution in [0.4, 0.5) is 8.78 Å². The van der Waals surface area contributed by atoms with Gasteiger partial charge in [-0.2, -0.15) is 18.2 Å². The molecule has 0 radical (unpaired) electrons. The number of nitrogens with one attached hydrogen (secondary N) is 1. The fourth-order valence-corrected chi connectivity index (χ4v) is 5.67. The van der Waals surface area contributed by atoms with E-state index in [0.29, 0.717) is 10.5 Å². The molecule has 4 rings (SSSR count). The first-order chi connectivity index (χ1) is 20.9. The van der Waals surface area contributed by atoms with Crippen LogP contribution in [0.25, 0.3) is 0 Å². The van der Waals surface area contributed by atoms with Crippen molar-refractivity contribution < 1.29 is 50.4 Å². The number of ether oxygens (including phenoxy) is 5. The minimum Gasteiger partial charge on any atom is -0.619 e. The van der Waals surface area contributed by atoms with E-state index in [4.69, 9.17) is 42.1 Å². The number of carbonyl (C=O) groups excluding carboxylic acids is 1. The number of hydrogen-bond acceptors (Lipinski definition) is 9. The predicted octanol–water partition coefficient (Wildman–Crippen LogP) is 4.84. The highest BCUT2D eigenvalue weighted by atomic mass is 35.5. The van der Waals surface area contributed by atoms with Gasteiger partial charge in [-0.25, -0.2) is 8.42 Å². The first kappa shape index (κ1) is 33.3. The Morgan fingerprint density at radius 3 is 2.30 bits per heavy atom. The normalized spacial score (nSPS) is 13.8. The molecule has 1 fully saturated rings. The monoisotopic (exact) mass is 676 g/mol. The number of rotatable bonds is 15. The largest absolute Gasteiger partial charge is 0.619 e. The van der Waals surface area contributed by atoms with Crippen molar-refractivity contribution in [1.82, 2.24) is 4.72 Å². The number of methoxy groups -OCH3 is 2. The molecule has 1 N–H and O–H groups in total. The maximum absolute atomic E-state index is 13.1. The molecule has 1 heterocycles. The Labute approximate surface area is 262 Å². The van der Waals surface area contributed by atoms with Crippen LogP contribution in [0.2, 0.25) is 10.0 Å². The molecule has 16 heteroatoms. The molecule has 1 unspecified atom stereocenters. The van der Waals surface area contributed by atoms with Gasteiger partial charge in [-0.05, 0) is 48.6 Å². The minimum atomic E-state index is -4.20. The Hall–Kier alpha value is -3.59. The molecule has 0 aliphatic heterocycles. The van der Waals surface area contributed by atoms with Crippen molar-refractivity contribution in [3.05, 3.63) is 75.2 Å². The van der Waals surface area contributed by atoms with Crippen LogP contribution in [0.1, 0.15) is 30.1 Å². The zero-order valence-electron chi connectivity index (χ0n) is 23.4. The summed E-state index contributed by atoms with van der Waals surface area (Å²) in [5.74, 6) is -0.471. The zero-order valence-corrected chi connectivity index (χ0v) is 25.8. The Kier molecular flexibility index (Phi) is 10.9. The van der Waals surface area contributed by atoms with Gasteiger partial charge < -0.3 is 28.9 Å². The average Bonchev–Trinajstić information content (AvgIpc) is 3.81. The Balaban J connectivity index is 1.59. The average molecular weight is 678 g/mol. The molecular weight excluding hydrogens is 649 g/mol. The van der Waals surface area contributed by atoms with E-state index < -0.39 is 35.3 Å². The van der Waals surface area contributed by atoms with E-state index in [1.54, 1.807) is 0 Å². The van der Waals surface area contributed by atoms with Crippen molar-refractivity contribution in [3.63, 3.8) is 0 Å². The van der Waals surface area contributed by atoms with E-state index >= 15 is 0 Å². The number of nitrogens with zero attached hydrogens (tertiary/aromatic N) is 1. The zero-order chi connectivity index (χ0) is 32.0. The number of alkyl halides is 2. The minimum absolute atomic E-state index is 0.00689. The number of halogens is 4. The summed E-state index contributed by atoms with van der Waals surface area (Å²) in [5.41, 5.74) is 0.525. The molecule has 2 aromatic carbocycles. The molecule has 44 heavy (non-hydrogen) atoms. The quantitative estimate of drug-likeness (QED) is 0.136. The molecule has 0 amide bonds. The maximum Gasteiger partial charge on any atom is 0.387 e. The van der Waals surface area contributed by atoms with E-state index in [1.165, 1.54) is 50.6 Å². The first-order valence-electron chi connectivity index (χ1n) is 13.1. The van der Waals surface area contributed by atoms with Crippen LogP contribution in [-0.4, -0.2) is 48.4 Å². The van der Waals surface area contributed by atoms with Crippen LogP contribution in [-0.2, 0) is 26.0 Å². The third-order valence-corrected chi connectivity index (χ3v) is 8.57. The summed E-state index contributed by atoms with van der Waals surface area (Å²) in [4.78, 5) is 12.8. The Morgan fingerprint density at radius 2 is 1.68 bits per heavy atom. The highest BCUT2D eigenvalue weighted by Gasteiger charge is 2.27. The Morgan fingerprint density at radius 1 is 1.02 bits per heavy atom. The lowest BCUT2D eigenvalue weighted by Gasteiger charge is -2.21. The number of pyridine rings is 1. The van der Waals surface area contributed by atoms with Crippen molar-refractivity contribution in [1.29, 1.82) is 0 Å². The van der Waals surface area contributed by atoms with Gasteiger partial charge in [0.05, 0.1) is 25.7 Å². The number of hydrogen-bond donors (Lipinski definition) is 1. The number of carbonyl (C=O) groups is 1. The molecule has 0 saturated heterocycles. The number of aromatic nitrogens is 1. The molecule has 1 aromatic heterocycles. The van der Waals surface area contributed by atoms with Gasteiger partial charge in [0.2, 0.25) is 10.0 Å². The Bertz CT molecular complexity index is 1580. The topological polar surface area (TPSA) is 136 Å².